The Balaban J connectivity index is 1.82. The highest BCUT2D eigenvalue weighted by molar-refractivity contribution is 7.09. The van der Waals surface area contributed by atoms with Crippen LogP contribution in [0, 0.1) is 6.92 Å². The van der Waals surface area contributed by atoms with Crippen molar-refractivity contribution in [3.05, 3.63) is 16.1 Å². The van der Waals surface area contributed by atoms with Gasteiger partial charge in [-0.25, -0.2) is 9.78 Å². The van der Waals surface area contributed by atoms with E-state index in [1.165, 1.54) is 11.3 Å². The lowest BCUT2D eigenvalue weighted by atomic mass is 10.2. The maximum atomic E-state index is 11.5. The van der Waals surface area contributed by atoms with E-state index < -0.39 is 5.97 Å². The fourth-order valence-electron chi connectivity index (χ4n) is 1.51. The number of carbonyl (C=O) groups is 2. The molecule has 1 N–H and O–H groups in total. The average molecular weight is 240 g/mol. The van der Waals surface area contributed by atoms with Crippen LogP contribution in [0.15, 0.2) is 5.38 Å². The molecule has 0 aromatic carbocycles. The molecular formula is C10H12N2O3S. The molecule has 1 saturated heterocycles. The Kier molecular flexibility index (Phi) is 3.19. The van der Waals surface area contributed by atoms with Crippen LogP contribution in [0.3, 0.4) is 0 Å². The molecule has 0 aliphatic carbocycles. The van der Waals surface area contributed by atoms with Gasteiger partial charge in [0.25, 0.3) is 0 Å². The topological polar surface area (TPSA) is 68.3 Å². The third-order valence-corrected chi connectivity index (χ3v) is 3.10. The first kappa shape index (κ1) is 11.1. The fourth-order valence-corrected chi connectivity index (χ4v) is 2.09. The van der Waals surface area contributed by atoms with Gasteiger partial charge in [-0.15, -0.1) is 11.3 Å². The summed E-state index contributed by atoms with van der Waals surface area (Å²) in [6, 6.07) is -0.0452. The molecule has 1 fully saturated rings. The monoisotopic (exact) mass is 240 g/mol. The zero-order valence-corrected chi connectivity index (χ0v) is 9.67. The van der Waals surface area contributed by atoms with Crippen molar-refractivity contribution in [3.8, 4) is 0 Å². The second-order valence-corrected chi connectivity index (χ2v) is 4.72. The lowest BCUT2D eigenvalue weighted by molar-refractivity contribution is -0.119. The number of thiazole rings is 1. The Morgan fingerprint density at radius 3 is 3.12 bits per heavy atom. The van der Waals surface area contributed by atoms with E-state index in [9.17, 15) is 9.59 Å². The van der Waals surface area contributed by atoms with Crippen LogP contribution in [0.1, 0.15) is 28.3 Å². The number of hydrogen-bond donors (Lipinski definition) is 1. The van der Waals surface area contributed by atoms with Crippen LogP contribution in [0.5, 0.6) is 0 Å². The summed E-state index contributed by atoms with van der Waals surface area (Å²) in [4.78, 5) is 26.4. The van der Waals surface area contributed by atoms with Crippen LogP contribution in [-0.4, -0.2) is 29.5 Å². The second kappa shape index (κ2) is 4.61. The van der Waals surface area contributed by atoms with Gasteiger partial charge in [-0.05, 0) is 13.3 Å². The van der Waals surface area contributed by atoms with Gasteiger partial charge in [-0.1, -0.05) is 0 Å². The van der Waals surface area contributed by atoms with E-state index in [-0.39, 0.29) is 18.6 Å². The molecule has 2 rings (SSSR count). The predicted molar refractivity (Wildman–Crippen MR) is 58.3 cm³/mol. The standard InChI is InChI=1S/C10H12N2O3S/c1-6-11-8(5-16-6)10(14)15-4-7-2-3-9(13)12-7/h5,7H,2-4H2,1H3,(H,12,13). The minimum Gasteiger partial charge on any atom is -0.459 e. The molecule has 16 heavy (non-hydrogen) atoms. The highest BCUT2D eigenvalue weighted by Crippen LogP contribution is 2.11. The van der Waals surface area contributed by atoms with Crippen LogP contribution in [0.25, 0.3) is 0 Å². The SMILES string of the molecule is Cc1nc(C(=O)OCC2CCC(=O)N2)cs1. The normalized spacial score (nSPS) is 19.6. The predicted octanol–water partition coefficient (Wildman–Crippen LogP) is 0.887. The number of esters is 1. The number of rotatable bonds is 3. The Morgan fingerprint density at radius 2 is 2.56 bits per heavy atom. The molecule has 0 spiro atoms. The van der Waals surface area contributed by atoms with E-state index in [0.717, 1.165) is 11.4 Å². The highest BCUT2D eigenvalue weighted by Gasteiger charge is 2.22. The van der Waals surface area contributed by atoms with Gasteiger partial charge in [-0.3, -0.25) is 4.79 Å². The maximum Gasteiger partial charge on any atom is 0.357 e. The number of aryl methyl sites for hydroxylation is 1. The molecule has 0 bridgehead atoms. The van der Waals surface area contributed by atoms with E-state index in [1.54, 1.807) is 5.38 Å². The van der Waals surface area contributed by atoms with Crippen molar-refractivity contribution in [1.82, 2.24) is 10.3 Å². The molecule has 1 aromatic rings. The van der Waals surface area contributed by atoms with Crippen molar-refractivity contribution < 1.29 is 14.3 Å². The van der Waals surface area contributed by atoms with E-state index in [0.29, 0.717) is 12.1 Å². The minimum absolute atomic E-state index is 0.0190. The molecule has 86 valence electrons. The molecule has 0 saturated carbocycles. The maximum absolute atomic E-state index is 11.5. The first-order valence-corrected chi connectivity index (χ1v) is 5.92. The van der Waals surface area contributed by atoms with Crippen molar-refractivity contribution in [2.24, 2.45) is 0 Å². The number of amides is 1. The summed E-state index contributed by atoms with van der Waals surface area (Å²) >= 11 is 1.41. The third-order valence-electron chi connectivity index (χ3n) is 2.33. The first-order valence-electron chi connectivity index (χ1n) is 5.04. The van der Waals surface area contributed by atoms with E-state index in [4.69, 9.17) is 4.74 Å². The smallest absolute Gasteiger partial charge is 0.357 e. The Hall–Kier alpha value is -1.43. The van der Waals surface area contributed by atoms with Gasteiger partial charge in [0, 0.05) is 11.8 Å². The molecule has 1 aliphatic heterocycles. The summed E-state index contributed by atoms with van der Waals surface area (Å²) in [5.74, 6) is -0.406. The molecule has 6 heteroatoms. The zero-order chi connectivity index (χ0) is 11.5. The molecule has 1 unspecified atom stereocenters. The molecular weight excluding hydrogens is 228 g/mol. The van der Waals surface area contributed by atoms with E-state index >= 15 is 0 Å². The molecule has 1 atom stereocenters. The Labute approximate surface area is 96.8 Å². The quantitative estimate of drug-likeness (QED) is 0.797. The summed E-state index contributed by atoms with van der Waals surface area (Å²) in [5, 5.41) is 5.24. The van der Waals surface area contributed by atoms with Gasteiger partial charge in [-0.2, -0.15) is 0 Å². The van der Waals surface area contributed by atoms with Crippen LogP contribution in [-0.2, 0) is 9.53 Å². The van der Waals surface area contributed by atoms with Crippen LogP contribution in [0.2, 0.25) is 0 Å². The lowest BCUT2D eigenvalue weighted by Crippen LogP contribution is -2.30. The van der Waals surface area contributed by atoms with Crippen LogP contribution in [0.4, 0.5) is 0 Å². The molecule has 1 amide bonds. The van der Waals surface area contributed by atoms with Gasteiger partial charge in [0.1, 0.15) is 6.61 Å². The van der Waals surface area contributed by atoms with Crippen LogP contribution < -0.4 is 5.32 Å². The summed E-state index contributed by atoms with van der Waals surface area (Å²) < 4.78 is 5.06. The van der Waals surface area contributed by atoms with Gasteiger partial charge in [0.05, 0.1) is 11.0 Å². The first-order chi connectivity index (χ1) is 7.65. The molecule has 0 radical (unpaired) electrons. The van der Waals surface area contributed by atoms with Gasteiger partial charge >= 0.3 is 5.97 Å². The average Bonchev–Trinajstić information content (AvgIpc) is 2.84. The van der Waals surface area contributed by atoms with Crippen molar-refractivity contribution in [3.63, 3.8) is 0 Å². The lowest BCUT2D eigenvalue weighted by Gasteiger charge is -2.09. The van der Waals surface area contributed by atoms with Crippen LogP contribution >= 0.6 is 11.3 Å². The van der Waals surface area contributed by atoms with Gasteiger partial charge in [0.15, 0.2) is 5.69 Å². The highest BCUT2D eigenvalue weighted by atomic mass is 32.1. The summed E-state index contributed by atoms with van der Waals surface area (Å²) in [6.45, 7) is 2.06. The van der Waals surface area contributed by atoms with Gasteiger partial charge < -0.3 is 10.1 Å². The molecule has 2 heterocycles. The van der Waals surface area contributed by atoms with Crippen molar-refractivity contribution in [2.45, 2.75) is 25.8 Å². The zero-order valence-electron chi connectivity index (χ0n) is 8.86. The number of hydrogen-bond acceptors (Lipinski definition) is 5. The number of nitrogens with zero attached hydrogens (tertiary/aromatic N) is 1. The fraction of sp³-hybridized carbons (Fsp3) is 0.500. The summed E-state index contributed by atoms with van der Waals surface area (Å²) in [7, 11) is 0. The van der Waals surface area contributed by atoms with Crippen molar-refractivity contribution in [1.29, 1.82) is 0 Å². The number of nitrogens with one attached hydrogen (secondary N) is 1. The summed E-state index contributed by atoms with van der Waals surface area (Å²) in [6.07, 6.45) is 1.24. The third kappa shape index (κ3) is 2.57. The van der Waals surface area contributed by atoms with E-state index in [1.807, 2.05) is 6.92 Å². The van der Waals surface area contributed by atoms with Crippen molar-refractivity contribution in [2.75, 3.05) is 6.61 Å². The molecule has 1 aliphatic rings. The van der Waals surface area contributed by atoms with E-state index in [2.05, 4.69) is 10.3 Å². The Morgan fingerprint density at radius 1 is 1.75 bits per heavy atom. The Bertz CT molecular complexity index is 416. The molecule has 5 nitrogen and oxygen atoms in total. The van der Waals surface area contributed by atoms with Gasteiger partial charge in [0.2, 0.25) is 5.91 Å². The second-order valence-electron chi connectivity index (χ2n) is 3.65. The summed E-state index contributed by atoms with van der Waals surface area (Å²) in [5.41, 5.74) is 0.340. The molecule has 1 aromatic heterocycles. The largest absolute Gasteiger partial charge is 0.459 e. The number of aromatic nitrogens is 1. The van der Waals surface area contributed by atoms with Crippen molar-refractivity contribution >= 4 is 23.2 Å². The minimum atomic E-state index is -0.425. The number of ether oxygens (including phenoxy) is 1. The number of carbonyl (C=O) groups excluding carboxylic acids is 2.